The number of hydrogen-bond donors (Lipinski definition) is 1. The van der Waals surface area contributed by atoms with E-state index in [-0.39, 0.29) is 6.10 Å². The van der Waals surface area contributed by atoms with Crippen molar-refractivity contribution in [1.82, 2.24) is 10.2 Å². The zero-order valence-corrected chi connectivity index (χ0v) is 20.2. The molecular formula is C28H33N3OS. The van der Waals surface area contributed by atoms with Gasteiger partial charge in [0.25, 0.3) is 0 Å². The molecule has 1 saturated heterocycles. The summed E-state index contributed by atoms with van der Waals surface area (Å²) < 4.78 is 6.59. The average molecular weight is 460 g/mol. The summed E-state index contributed by atoms with van der Waals surface area (Å²) in [6, 6.07) is 23.1. The second-order valence-corrected chi connectivity index (χ2v) is 9.83. The Bertz CT molecular complexity index is 1020. The average Bonchev–Trinajstić information content (AvgIpc) is 3.39. The fraction of sp³-hybridized carbons (Fsp3) is 0.393. The lowest BCUT2D eigenvalue weighted by Crippen LogP contribution is -2.33. The van der Waals surface area contributed by atoms with Crippen LogP contribution in [0.15, 0.2) is 66.0 Å². The molecule has 0 bridgehead atoms. The van der Waals surface area contributed by atoms with E-state index < -0.39 is 0 Å². The molecule has 3 aromatic rings. The first-order valence-corrected chi connectivity index (χ1v) is 12.8. The first kappa shape index (κ1) is 23.5. The number of hydrogen-bond acceptors (Lipinski definition) is 5. The van der Waals surface area contributed by atoms with Gasteiger partial charge in [0.05, 0.1) is 11.6 Å². The van der Waals surface area contributed by atoms with Crippen LogP contribution in [0.1, 0.15) is 46.9 Å². The number of likely N-dealkylation sites (tertiary alicyclic amines) is 1. The summed E-state index contributed by atoms with van der Waals surface area (Å²) in [6.07, 6.45) is 4.54. The molecule has 172 valence electrons. The summed E-state index contributed by atoms with van der Waals surface area (Å²) in [7, 11) is 1.99. The van der Waals surface area contributed by atoms with Gasteiger partial charge in [-0.15, -0.1) is 11.3 Å². The molecule has 0 amide bonds. The Morgan fingerprint density at radius 2 is 1.88 bits per heavy atom. The highest BCUT2D eigenvalue weighted by atomic mass is 32.1. The molecule has 2 aromatic carbocycles. The van der Waals surface area contributed by atoms with Crippen molar-refractivity contribution in [1.29, 1.82) is 5.26 Å². The number of nitrogens with one attached hydrogen (secondary N) is 1. The predicted molar refractivity (Wildman–Crippen MR) is 136 cm³/mol. The molecule has 1 atom stereocenters. The van der Waals surface area contributed by atoms with E-state index in [0.717, 1.165) is 50.3 Å². The molecule has 4 nitrogen and oxygen atoms in total. The second kappa shape index (κ2) is 12.0. The zero-order chi connectivity index (χ0) is 22.9. The number of benzene rings is 2. The van der Waals surface area contributed by atoms with Gasteiger partial charge >= 0.3 is 0 Å². The van der Waals surface area contributed by atoms with E-state index in [1.165, 1.54) is 28.8 Å². The Kier molecular flexibility index (Phi) is 8.54. The molecule has 0 spiro atoms. The molecule has 0 radical (unpaired) electrons. The molecule has 0 saturated carbocycles. The summed E-state index contributed by atoms with van der Waals surface area (Å²) in [6.45, 7) is 4.13. The minimum absolute atomic E-state index is 0.0906. The fourth-order valence-corrected chi connectivity index (χ4v) is 5.34. The van der Waals surface area contributed by atoms with E-state index in [0.29, 0.717) is 5.92 Å². The van der Waals surface area contributed by atoms with Crippen molar-refractivity contribution in [2.45, 2.75) is 38.3 Å². The predicted octanol–water partition coefficient (Wildman–Crippen LogP) is 5.80. The molecule has 1 aliphatic heterocycles. The molecule has 2 heterocycles. The molecule has 1 aliphatic rings. The van der Waals surface area contributed by atoms with Crippen LogP contribution in [0, 0.1) is 17.2 Å². The molecule has 1 fully saturated rings. The summed E-state index contributed by atoms with van der Waals surface area (Å²) >= 11 is 1.77. The van der Waals surface area contributed by atoms with Gasteiger partial charge in [0.15, 0.2) is 0 Å². The fourth-order valence-electron chi connectivity index (χ4n) is 4.55. The number of nitrogens with zero attached hydrogens (tertiary/aromatic N) is 2. The maximum atomic E-state index is 8.98. The standard InChI is InChI=1S/C28H33N3OS/c1-30-15-12-27(28-7-4-18-33-28)32-26-6-3-2-5-25(26)19-22-13-16-31(17-14-22)21-24-10-8-23(20-29)9-11-24/h2-11,18,22,27,30H,12-17,19,21H2,1H3. The number of rotatable bonds is 10. The third kappa shape index (κ3) is 6.68. The van der Waals surface area contributed by atoms with Gasteiger partial charge in [-0.1, -0.05) is 36.4 Å². The SMILES string of the molecule is CNCCC(Oc1ccccc1CC1CCN(Cc2ccc(C#N)cc2)CC1)c1cccs1. The van der Waals surface area contributed by atoms with Crippen molar-refractivity contribution in [3.8, 4) is 11.8 Å². The van der Waals surface area contributed by atoms with E-state index in [1.54, 1.807) is 11.3 Å². The zero-order valence-electron chi connectivity index (χ0n) is 19.4. The Morgan fingerprint density at radius 3 is 2.58 bits per heavy atom. The number of ether oxygens (including phenoxy) is 1. The monoisotopic (exact) mass is 459 g/mol. The quantitative estimate of drug-likeness (QED) is 0.416. The third-order valence-corrected chi connectivity index (χ3v) is 7.43. The molecule has 33 heavy (non-hydrogen) atoms. The van der Waals surface area contributed by atoms with E-state index in [4.69, 9.17) is 10.00 Å². The van der Waals surface area contributed by atoms with Gasteiger partial charge in [0.2, 0.25) is 0 Å². The molecule has 0 aliphatic carbocycles. The van der Waals surface area contributed by atoms with E-state index in [2.05, 4.69) is 70.2 Å². The molecule has 1 unspecified atom stereocenters. The number of thiophene rings is 1. The maximum absolute atomic E-state index is 8.98. The van der Waals surface area contributed by atoms with Crippen LogP contribution >= 0.6 is 11.3 Å². The highest BCUT2D eigenvalue weighted by molar-refractivity contribution is 7.10. The Labute approximate surface area is 201 Å². The van der Waals surface area contributed by atoms with Gasteiger partial charge in [-0.05, 0) is 92.6 Å². The van der Waals surface area contributed by atoms with Crippen LogP contribution in [0.4, 0.5) is 0 Å². The highest BCUT2D eigenvalue weighted by Gasteiger charge is 2.22. The minimum atomic E-state index is 0.0906. The van der Waals surface area contributed by atoms with Crippen molar-refractivity contribution in [3.05, 3.63) is 87.6 Å². The van der Waals surface area contributed by atoms with Gasteiger partial charge < -0.3 is 10.1 Å². The summed E-state index contributed by atoms with van der Waals surface area (Å²) in [5, 5.41) is 14.4. The van der Waals surface area contributed by atoms with Crippen LogP contribution < -0.4 is 10.1 Å². The Balaban J connectivity index is 1.34. The number of nitriles is 1. The number of para-hydroxylation sites is 1. The van der Waals surface area contributed by atoms with Gasteiger partial charge in [0, 0.05) is 17.8 Å². The lowest BCUT2D eigenvalue weighted by atomic mass is 9.89. The summed E-state index contributed by atoms with van der Waals surface area (Å²) in [5.41, 5.74) is 3.34. The van der Waals surface area contributed by atoms with Gasteiger partial charge in [0.1, 0.15) is 11.9 Å². The lowest BCUT2D eigenvalue weighted by Gasteiger charge is -2.32. The van der Waals surface area contributed by atoms with Crippen molar-refractivity contribution in [3.63, 3.8) is 0 Å². The first-order valence-electron chi connectivity index (χ1n) is 11.9. The van der Waals surface area contributed by atoms with Crippen LogP contribution in [-0.2, 0) is 13.0 Å². The smallest absolute Gasteiger partial charge is 0.134 e. The van der Waals surface area contributed by atoms with Gasteiger partial charge in [-0.2, -0.15) is 5.26 Å². The maximum Gasteiger partial charge on any atom is 0.134 e. The van der Waals surface area contributed by atoms with Crippen LogP contribution in [0.25, 0.3) is 0 Å². The second-order valence-electron chi connectivity index (χ2n) is 8.85. The molecule has 1 aromatic heterocycles. The molecular weight excluding hydrogens is 426 g/mol. The van der Waals surface area contributed by atoms with Crippen LogP contribution in [0.2, 0.25) is 0 Å². The first-order chi connectivity index (χ1) is 16.2. The van der Waals surface area contributed by atoms with Crippen molar-refractivity contribution in [2.24, 2.45) is 5.92 Å². The van der Waals surface area contributed by atoms with Crippen molar-refractivity contribution in [2.75, 3.05) is 26.7 Å². The summed E-state index contributed by atoms with van der Waals surface area (Å²) in [5.74, 6) is 1.72. The molecule has 1 N–H and O–H groups in total. The van der Waals surface area contributed by atoms with Crippen LogP contribution in [0.3, 0.4) is 0 Å². The van der Waals surface area contributed by atoms with E-state index in [1.807, 2.05) is 19.2 Å². The third-order valence-electron chi connectivity index (χ3n) is 6.46. The topological polar surface area (TPSA) is 48.3 Å². The lowest BCUT2D eigenvalue weighted by molar-refractivity contribution is 0.173. The molecule has 5 heteroatoms. The van der Waals surface area contributed by atoms with E-state index >= 15 is 0 Å². The van der Waals surface area contributed by atoms with Crippen molar-refractivity contribution >= 4 is 11.3 Å². The summed E-state index contributed by atoms with van der Waals surface area (Å²) in [4.78, 5) is 3.82. The van der Waals surface area contributed by atoms with E-state index in [9.17, 15) is 0 Å². The minimum Gasteiger partial charge on any atom is -0.485 e. The van der Waals surface area contributed by atoms with Crippen molar-refractivity contribution < 1.29 is 4.74 Å². The Morgan fingerprint density at radius 1 is 1.09 bits per heavy atom. The van der Waals surface area contributed by atoms with Gasteiger partial charge in [-0.25, -0.2) is 0 Å². The normalized spacial score (nSPS) is 15.8. The van der Waals surface area contributed by atoms with Gasteiger partial charge in [-0.3, -0.25) is 4.90 Å². The highest BCUT2D eigenvalue weighted by Crippen LogP contribution is 2.32. The Hall–Kier alpha value is -2.65. The largest absolute Gasteiger partial charge is 0.485 e. The van der Waals surface area contributed by atoms with Crippen LogP contribution in [0.5, 0.6) is 5.75 Å². The molecule has 4 rings (SSSR count). The number of piperidine rings is 1. The van der Waals surface area contributed by atoms with Crippen LogP contribution in [-0.4, -0.2) is 31.6 Å².